The zero-order chi connectivity index (χ0) is 11.7. The topological polar surface area (TPSA) is 87.7 Å². The number of amides is 2. The summed E-state index contributed by atoms with van der Waals surface area (Å²) in [7, 11) is 0. The van der Waals surface area contributed by atoms with E-state index in [0.29, 0.717) is 0 Å². The normalized spacial score (nSPS) is 33.4. The van der Waals surface area contributed by atoms with Crippen LogP contribution in [0.4, 0.5) is 4.79 Å². The van der Waals surface area contributed by atoms with E-state index in [1.54, 1.807) is 0 Å². The zero-order valence-corrected chi connectivity index (χ0v) is 9.10. The highest BCUT2D eigenvalue weighted by Crippen LogP contribution is 2.34. The number of nitrogens with one attached hydrogen (secondary N) is 2. The summed E-state index contributed by atoms with van der Waals surface area (Å²) < 4.78 is 5.58. The first-order valence-corrected chi connectivity index (χ1v) is 5.51. The number of urea groups is 1. The lowest BCUT2D eigenvalue weighted by molar-refractivity contribution is -0.138. The van der Waals surface area contributed by atoms with Gasteiger partial charge in [0.25, 0.3) is 0 Å². The fourth-order valence-corrected chi connectivity index (χ4v) is 2.26. The van der Waals surface area contributed by atoms with Crippen LogP contribution in [0.1, 0.15) is 26.2 Å². The average Bonchev–Trinajstić information content (AvgIpc) is 2.78. The molecular weight excluding hydrogens is 212 g/mol. The molecule has 3 unspecified atom stereocenters. The Kier molecular flexibility index (Phi) is 3.00. The van der Waals surface area contributed by atoms with Crippen LogP contribution < -0.4 is 10.6 Å². The minimum absolute atomic E-state index is 0.0275. The lowest BCUT2D eigenvalue weighted by atomic mass is 9.96. The smallest absolute Gasteiger partial charge is 0.325 e. The van der Waals surface area contributed by atoms with Gasteiger partial charge in [0.15, 0.2) is 0 Å². The van der Waals surface area contributed by atoms with Crippen LogP contribution in [0.3, 0.4) is 0 Å². The molecule has 2 aliphatic rings. The van der Waals surface area contributed by atoms with Gasteiger partial charge in [-0.15, -0.1) is 0 Å². The van der Waals surface area contributed by atoms with Crippen molar-refractivity contribution in [2.75, 3.05) is 0 Å². The Balaban J connectivity index is 1.77. The van der Waals surface area contributed by atoms with E-state index in [1.165, 1.54) is 6.92 Å². The van der Waals surface area contributed by atoms with Crippen molar-refractivity contribution < 1.29 is 19.4 Å². The maximum atomic E-state index is 11.4. The predicted molar refractivity (Wildman–Crippen MR) is 55.1 cm³/mol. The molecule has 2 aliphatic heterocycles. The predicted octanol–water partition coefficient (Wildman–Crippen LogP) is 0.0786. The van der Waals surface area contributed by atoms with E-state index in [1.807, 2.05) is 0 Å². The SMILES string of the molecule is C[C@H](NC(=O)NC1CC2CCC1O2)C(=O)O. The van der Waals surface area contributed by atoms with Crippen molar-refractivity contribution in [2.24, 2.45) is 0 Å². The standard InChI is InChI=1S/C10H16N2O4/c1-5(9(13)14)11-10(15)12-7-4-6-2-3-8(7)16-6/h5-8H,2-4H2,1H3,(H,13,14)(H2,11,12,15)/t5-,6?,7?,8?/m0/s1. The number of carbonyl (C=O) groups is 2. The molecule has 2 rings (SSSR count). The van der Waals surface area contributed by atoms with Crippen LogP contribution in [-0.4, -0.2) is 41.4 Å². The van der Waals surface area contributed by atoms with Crippen LogP contribution in [0.25, 0.3) is 0 Å². The van der Waals surface area contributed by atoms with Crippen LogP contribution in [0, 0.1) is 0 Å². The number of fused-ring (bicyclic) bond motifs is 2. The minimum Gasteiger partial charge on any atom is -0.480 e. The van der Waals surface area contributed by atoms with Gasteiger partial charge in [-0.05, 0) is 26.2 Å². The Labute approximate surface area is 93.3 Å². The molecule has 6 heteroatoms. The monoisotopic (exact) mass is 228 g/mol. The third kappa shape index (κ3) is 2.27. The summed E-state index contributed by atoms with van der Waals surface area (Å²) in [4.78, 5) is 22.0. The van der Waals surface area contributed by atoms with Crippen LogP contribution >= 0.6 is 0 Å². The Morgan fingerprint density at radius 2 is 2.19 bits per heavy atom. The number of carboxylic acids is 1. The summed E-state index contributed by atoms with van der Waals surface area (Å²) in [6.45, 7) is 1.43. The summed E-state index contributed by atoms with van der Waals surface area (Å²) in [5, 5.41) is 13.7. The number of carboxylic acid groups (broad SMARTS) is 1. The van der Waals surface area contributed by atoms with Gasteiger partial charge < -0.3 is 20.5 Å². The molecule has 4 atom stereocenters. The van der Waals surface area contributed by atoms with Gasteiger partial charge in [-0.3, -0.25) is 4.79 Å². The van der Waals surface area contributed by atoms with Gasteiger partial charge in [0.05, 0.1) is 18.2 Å². The fraction of sp³-hybridized carbons (Fsp3) is 0.800. The van der Waals surface area contributed by atoms with Gasteiger partial charge in [0, 0.05) is 0 Å². The Morgan fingerprint density at radius 3 is 2.69 bits per heavy atom. The number of rotatable bonds is 3. The van der Waals surface area contributed by atoms with Crippen molar-refractivity contribution in [3.63, 3.8) is 0 Å². The molecule has 0 radical (unpaired) electrons. The summed E-state index contributed by atoms with van der Waals surface area (Å²) in [5.41, 5.74) is 0. The van der Waals surface area contributed by atoms with Gasteiger partial charge in [-0.25, -0.2) is 4.79 Å². The van der Waals surface area contributed by atoms with E-state index in [-0.39, 0.29) is 18.2 Å². The number of hydrogen-bond acceptors (Lipinski definition) is 3. The lowest BCUT2D eigenvalue weighted by Crippen LogP contribution is -2.50. The van der Waals surface area contributed by atoms with Crippen molar-refractivity contribution >= 4 is 12.0 Å². The summed E-state index contributed by atoms with van der Waals surface area (Å²) >= 11 is 0. The van der Waals surface area contributed by atoms with Gasteiger partial charge in [-0.1, -0.05) is 0 Å². The van der Waals surface area contributed by atoms with Crippen LogP contribution in [-0.2, 0) is 9.53 Å². The number of hydrogen-bond donors (Lipinski definition) is 3. The molecule has 0 aliphatic carbocycles. The summed E-state index contributed by atoms with van der Waals surface area (Å²) in [6.07, 6.45) is 3.25. The quantitative estimate of drug-likeness (QED) is 0.638. The highest BCUT2D eigenvalue weighted by Gasteiger charge is 2.41. The van der Waals surface area contributed by atoms with Crippen molar-refractivity contribution in [1.82, 2.24) is 10.6 Å². The second-order valence-corrected chi connectivity index (χ2v) is 4.39. The van der Waals surface area contributed by atoms with E-state index >= 15 is 0 Å². The van der Waals surface area contributed by atoms with Gasteiger partial charge in [-0.2, -0.15) is 0 Å². The second kappa shape index (κ2) is 4.29. The number of aliphatic carboxylic acids is 1. The molecule has 6 nitrogen and oxygen atoms in total. The number of carbonyl (C=O) groups excluding carboxylic acids is 1. The maximum absolute atomic E-state index is 11.4. The van der Waals surface area contributed by atoms with Crippen molar-refractivity contribution in [1.29, 1.82) is 0 Å². The zero-order valence-electron chi connectivity index (χ0n) is 9.10. The third-order valence-electron chi connectivity index (χ3n) is 3.14. The minimum atomic E-state index is -1.04. The molecule has 16 heavy (non-hydrogen) atoms. The van der Waals surface area contributed by atoms with E-state index in [4.69, 9.17) is 9.84 Å². The molecule has 2 fully saturated rings. The van der Waals surface area contributed by atoms with Gasteiger partial charge >= 0.3 is 12.0 Å². The fourth-order valence-electron chi connectivity index (χ4n) is 2.26. The van der Waals surface area contributed by atoms with E-state index < -0.39 is 18.0 Å². The maximum Gasteiger partial charge on any atom is 0.325 e. The highest BCUT2D eigenvalue weighted by molar-refractivity contribution is 5.82. The van der Waals surface area contributed by atoms with Crippen LogP contribution in [0.5, 0.6) is 0 Å². The molecular formula is C10H16N2O4. The van der Waals surface area contributed by atoms with Crippen molar-refractivity contribution in [3.8, 4) is 0 Å². The van der Waals surface area contributed by atoms with Crippen molar-refractivity contribution in [2.45, 2.75) is 50.5 Å². The molecule has 90 valence electrons. The molecule has 0 aromatic heterocycles. The van der Waals surface area contributed by atoms with Gasteiger partial charge in [0.2, 0.25) is 0 Å². The molecule has 0 aromatic carbocycles. The van der Waals surface area contributed by atoms with Crippen molar-refractivity contribution in [3.05, 3.63) is 0 Å². The molecule has 0 spiro atoms. The van der Waals surface area contributed by atoms with E-state index in [2.05, 4.69) is 10.6 Å². The number of ether oxygens (including phenoxy) is 1. The Bertz CT molecular complexity index is 307. The van der Waals surface area contributed by atoms with E-state index in [9.17, 15) is 9.59 Å². The first kappa shape index (κ1) is 11.2. The highest BCUT2D eigenvalue weighted by atomic mass is 16.5. The second-order valence-electron chi connectivity index (χ2n) is 4.39. The molecule has 3 N–H and O–H groups in total. The van der Waals surface area contributed by atoms with Crippen LogP contribution in [0.15, 0.2) is 0 Å². The summed E-state index contributed by atoms with van der Waals surface area (Å²) in [6, 6.07) is -1.28. The average molecular weight is 228 g/mol. The molecule has 0 aromatic rings. The first-order chi connectivity index (χ1) is 7.56. The first-order valence-electron chi connectivity index (χ1n) is 5.51. The molecule has 2 heterocycles. The van der Waals surface area contributed by atoms with Crippen LogP contribution in [0.2, 0.25) is 0 Å². The Morgan fingerprint density at radius 1 is 1.44 bits per heavy atom. The molecule has 2 amide bonds. The molecule has 2 bridgehead atoms. The Hall–Kier alpha value is -1.30. The van der Waals surface area contributed by atoms with Gasteiger partial charge in [0.1, 0.15) is 6.04 Å². The third-order valence-corrected chi connectivity index (χ3v) is 3.14. The molecule has 2 saturated heterocycles. The lowest BCUT2D eigenvalue weighted by Gasteiger charge is -2.21. The summed E-state index contributed by atoms with van der Waals surface area (Å²) in [5.74, 6) is -1.04. The molecule has 0 saturated carbocycles. The van der Waals surface area contributed by atoms with E-state index in [0.717, 1.165) is 19.3 Å². The largest absolute Gasteiger partial charge is 0.480 e.